The molecule has 2 aromatic rings. The van der Waals surface area contributed by atoms with Crippen LogP contribution in [0.5, 0.6) is 5.75 Å². The van der Waals surface area contributed by atoms with Crippen molar-refractivity contribution in [2.45, 2.75) is 31.2 Å². The molecule has 1 aromatic heterocycles. The second kappa shape index (κ2) is 9.35. The number of benzene rings is 1. The number of hydrogen-bond donors (Lipinski definition) is 3. The van der Waals surface area contributed by atoms with Crippen molar-refractivity contribution < 1.29 is 41.1 Å². The highest BCUT2D eigenvalue weighted by atomic mass is 19.4. The molecule has 186 valence electrons. The van der Waals surface area contributed by atoms with Crippen molar-refractivity contribution in [1.29, 1.82) is 0 Å². The molecule has 35 heavy (non-hydrogen) atoms. The first kappa shape index (κ1) is 24.2. The minimum Gasteiger partial charge on any atom is -0.406 e. The predicted octanol–water partition coefficient (Wildman–Crippen LogP) is 2.79. The number of nitrogens with one attached hydrogen (secondary N) is 3. The molecule has 0 bridgehead atoms. The molecule has 4 amide bonds. The number of aromatic nitrogens is 1. The van der Waals surface area contributed by atoms with Gasteiger partial charge in [0, 0.05) is 43.0 Å². The number of hydrogen-bond acceptors (Lipinski definition) is 6. The van der Waals surface area contributed by atoms with Crippen molar-refractivity contribution >= 4 is 29.4 Å². The Bertz CT molecular complexity index is 1150. The Morgan fingerprint density at radius 2 is 1.83 bits per heavy atom. The van der Waals surface area contributed by atoms with Crippen LogP contribution in [0, 0.1) is 11.6 Å². The Morgan fingerprint density at radius 3 is 2.46 bits per heavy atom. The van der Waals surface area contributed by atoms with Crippen molar-refractivity contribution in [3.05, 3.63) is 47.7 Å². The summed E-state index contributed by atoms with van der Waals surface area (Å²) in [5.41, 5.74) is -0.203. The van der Waals surface area contributed by atoms with Crippen LogP contribution in [0.2, 0.25) is 0 Å². The summed E-state index contributed by atoms with van der Waals surface area (Å²) in [4.78, 5) is 40.7. The Kier molecular flexibility index (Phi) is 6.45. The third-order valence-corrected chi connectivity index (χ3v) is 5.44. The van der Waals surface area contributed by atoms with Crippen LogP contribution in [-0.4, -0.2) is 48.3 Å². The van der Waals surface area contributed by atoms with Gasteiger partial charge in [-0.2, -0.15) is 0 Å². The minimum atomic E-state index is -4.89. The van der Waals surface area contributed by atoms with Crippen LogP contribution in [0.4, 0.5) is 38.3 Å². The molecule has 2 aliphatic rings. The summed E-state index contributed by atoms with van der Waals surface area (Å²) in [6.45, 7) is 0.406. The number of carbonyl (C=O) groups is 3. The molecular formula is C21H18F5N5O4. The first-order chi connectivity index (χ1) is 16.5. The number of pyridine rings is 1. The SMILES string of the molecule is O=C1CCC(c2c(F)cc(N3CC(NC(=O)Nc4cc(OC(F)(F)F)ccn4)C3)cc2F)C(=O)N1. The van der Waals surface area contributed by atoms with E-state index in [9.17, 15) is 36.3 Å². The third-order valence-electron chi connectivity index (χ3n) is 5.44. The van der Waals surface area contributed by atoms with E-state index in [1.807, 2.05) is 0 Å². The summed E-state index contributed by atoms with van der Waals surface area (Å²) in [6, 6.07) is 2.88. The average molecular weight is 499 g/mol. The lowest BCUT2D eigenvalue weighted by atomic mass is 9.89. The smallest absolute Gasteiger partial charge is 0.406 e. The number of amides is 4. The monoisotopic (exact) mass is 499 g/mol. The maximum absolute atomic E-state index is 14.7. The molecule has 1 atom stereocenters. The van der Waals surface area contributed by atoms with E-state index in [2.05, 4.69) is 25.7 Å². The fraction of sp³-hybridized carbons (Fsp3) is 0.333. The minimum absolute atomic E-state index is 0.00275. The normalized spacial score (nSPS) is 18.5. The number of piperidine rings is 1. The Hall–Kier alpha value is -3.97. The van der Waals surface area contributed by atoms with E-state index in [-0.39, 0.29) is 37.4 Å². The summed E-state index contributed by atoms with van der Waals surface area (Å²) < 4.78 is 70.0. The molecule has 0 saturated carbocycles. The number of nitrogens with zero attached hydrogens (tertiary/aromatic N) is 2. The van der Waals surface area contributed by atoms with Gasteiger partial charge in [-0.25, -0.2) is 18.6 Å². The lowest BCUT2D eigenvalue weighted by Gasteiger charge is -2.41. The first-order valence-corrected chi connectivity index (χ1v) is 10.4. The van der Waals surface area contributed by atoms with Crippen LogP contribution in [0.25, 0.3) is 0 Å². The topological polar surface area (TPSA) is 113 Å². The fourth-order valence-corrected chi connectivity index (χ4v) is 3.85. The number of urea groups is 1. The molecule has 9 nitrogen and oxygen atoms in total. The number of anilines is 2. The lowest BCUT2D eigenvalue weighted by molar-refractivity contribution is -0.274. The first-order valence-electron chi connectivity index (χ1n) is 10.4. The van der Waals surface area contributed by atoms with Crippen LogP contribution in [-0.2, 0) is 9.59 Å². The Balaban J connectivity index is 1.32. The highest BCUT2D eigenvalue weighted by molar-refractivity contribution is 6.01. The maximum Gasteiger partial charge on any atom is 0.573 e. The quantitative estimate of drug-likeness (QED) is 0.431. The van der Waals surface area contributed by atoms with Crippen LogP contribution < -0.4 is 25.6 Å². The predicted molar refractivity (Wildman–Crippen MR) is 111 cm³/mol. The Morgan fingerprint density at radius 1 is 1.14 bits per heavy atom. The molecule has 1 unspecified atom stereocenters. The summed E-state index contributed by atoms with van der Waals surface area (Å²) in [5, 5.41) is 6.92. The molecular weight excluding hydrogens is 481 g/mol. The van der Waals surface area contributed by atoms with Gasteiger partial charge in [-0.3, -0.25) is 20.2 Å². The van der Waals surface area contributed by atoms with Gasteiger partial charge in [0.1, 0.15) is 23.2 Å². The van der Waals surface area contributed by atoms with E-state index < -0.39 is 59.1 Å². The summed E-state index contributed by atoms with van der Waals surface area (Å²) in [6.07, 6.45) is -3.88. The molecule has 2 saturated heterocycles. The van der Waals surface area contributed by atoms with Gasteiger partial charge in [0.15, 0.2) is 0 Å². The van der Waals surface area contributed by atoms with E-state index in [0.29, 0.717) is 0 Å². The molecule has 1 aromatic carbocycles. The number of ether oxygens (including phenoxy) is 1. The van der Waals surface area contributed by atoms with Gasteiger partial charge >= 0.3 is 12.4 Å². The molecule has 0 aliphatic carbocycles. The zero-order valence-corrected chi connectivity index (χ0v) is 17.8. The van der Waals surface area contributed by atoms with Gasteiger partial charge in [-0.1, -0.05) is 0 Å². The molecule has 3 N–H and O–H groups in total. The summed E-state index contributed by atoms with van der Waals surface area (Å²) in [5.74, 6) is -4.92. The standard InChI is InChI=1S/C21H18F5N5O4/c22-14-5-11(6-15(23)18(14)13-1-2-17(32)30-19(13)33)31-8-10(9-31)28-20(34)29-16-7-12(3-4-27-16)35-21(24,25)26/h3-7,10,13H,1-2,8-9H2,(H,30,32,33)(H2,27,28,29,34). The van der Waals surface area contributed by atoms with Gasteiger partial charge < -0.3 is 15.0 Å². The maximum atomic E-state index is 14.7. The van der Waals surface area contributed by atoms with E-state index >= 15 is 0 Å². The third kappa shape index (κ3) is 5.75. The molecule has 3 heterocycles. The number of rotatable bonds is 5. The molecule has 0 spiro atoms. The highest BCUT2D eigenvalue weighted by Crippen LogP contribution is 2.33. The molecule has 4 rings (SSSR count). The van der Waals surface area contributed by atoms with Crippen molar-refractivity contribution in [3.63, 3.8) is 0 Å². The zero-order chi connectivity index (χ0) is 25.3. The van der Waals surface area contributed by atoms with Crippen LogP contribution in [0.3, 0.4) is 0 Å². The second-order valence-electron chi connectivity index (χ2n) is 7.95. The van der Waals surface area contributed by atoms with Crippen molar-refractivity contribution in [1.82, 2.24) is 15.6 Å². The van der Waals surface area contributed by atoms with Crippen molar-refractivity contribution in [2.75, 3.05) is 23.3 Å². The van der Waals surface area contributed by atoms with Gasteiger partial charge in [0.2, 0.25) is 11.8 Å². The van der Waals surface area contributed by atoms with Gasteiger partial charge in [0.05, 0.1) is 12.0 Å². The summed E-state index contributed by atoms with van der Waals surface area (Å²) in [7, 11) is 0. The van der Waals surface area contributed by atoms with Crippen LogP contribution in [0.1, 0.15) is 24.3 Å². The van der Waals surface area contributed by atoms with Gasteiger partial charge in [0.25, 0.3) is 0 Å². The number of carbonyl (C=O) groups excluding carboxylic acids is 3. The van der Waals surface area contributed by atoms with E-state index in [1.165, 1.54) is 0 Å². The number of halogens is 5. The molecule has 0 radical (unpaired) electrons. The second-order valence-corrected chi connectivity index (χ2v) is 7.95. The number of imide groups is 1. The lowest BCUT2D eigenvalue weighted by Crippen LogP contribution is -2.60. The summed E-state index contributed by atoms with van der Waals surface area (Å²) >= 11 is 0. The average Bonchev–Trinajstić information content (AvgIpc) is 2.70. The van der Waals surface area contributed by atoms with Crippen molar-refractivity contribution in [2.24, 2.45) is 0 Å². The highest BCUT2D eigenvalue weighted by Gasteiger charge is 2.35. The zero-order valence-electron chi connectivity index (χ0n) is 17.8. The fourth-order valence-electron chi connectivity index (χ4n) is 3.85. The van der Waals surface area contributed by atoms with E-state index in [1.54, 1.807) is 4.90 Å². The van der Waals surface area contributed by atoms with E-state index in [4.69, 9.17) is 0 Å². The largest absolute Gasteiger partial charge is 0.573 e. The molecule has 14 heteroatoms. The van der Waals surface area contributed by atoms with Crippen LogP contribution >= 0.6 is 0 Å². The van der Waals surface area contributed by atoms with Crippen molar-refractivity contribution in [3.8, 4) is 5.75 Å². The Labute approximate surface area is 194 Å². The van der Waals surface area contributed by atoms with E-state index in [0.717, 1.165) is 30.5 Å². The van der Waals surface area contributed by atoms with Gasteiger partial charge in [-0.15, -0.1) is 13.2 Å². The van der Waals surface area contributed by atoms with Crippen LogP contribution in [0.15, 0.2) is 30.5 Å². The molecule has 2 aliphatic heterocycles. The molecule has 2 fully saturated rings. The van der Waals surface area contributed by atoms with Gasteiger partial charge in [-0.05, 0) is 24.6 Å². The number of alkyl halides is 3.